The first-order valence-electron chi connectivity index (χ1n) is 9.27. The Labute approximate surface area is 172 Å². The monoisotopic (exact) mass is 413 g/mol. The molecule has 1 aromatic heterocycles. The van der Waals surface area contributed by atoms with Crippen LogP contribution in [-0.4, -0.2) is 41.5 Å². The van der Waals surface area contributed by atoms with Crippen molar-refractivity contribution in [3.63, 3.8) is 0 Å². The third-order valence-electron chi connectivity index (χ3n) is 3.70. The smallest absolute Gasteiger partial charge is 0.213 e. The minimum absolute atomic E-state index is 0.177. The summed E-state index contributed by atoms with van der Waals surface area (Å²) in [5, 5.41) is 11.6. The van der Waals surface area contributed by atoms with Crippen LogP contribution in [0.15, 0.2) is 18.5 Å². The van der Waals surface area contributed by atoms with Crippen LogP contribution in [0.4, 0.5) is 4.39 Å². The highest BCUT2D eigenvalue weighted by atomic mass is 19.1. The molecule has 0 radical (unpaired) electrons. The third-order valence-corrected chi connectivity index (χ3v) is 3.70. The highest BCUT2D eigenvalue weighted by molar-refractivity contribution is 5.65. The van der Waals surface area contributed by atoms with Crippen molar-refractivity contribution in [2.75, 3.05) is 6.54 Å². The molecule has 1 heterocycles. The van der Waals surface area contributed by atoms with Crippen LogP contribution in [0.3, 0.4) is 0 Å². The summed E-state index contributed by atoms with van der Waals surface area (Å²) >= 11 is 0. The molecular weight excluding hydrogens is 377 g/mol. The van der Waals surface area contributed by atoms with E-state index in [9.17, 15) is 9.18 Å². The Balaban J connectivity index is 0. The Morgan fingerprint density at radius 1 is 1.38 bits per heavy atom. The molecule has 2 atom stereocenters. The van der Waals surface area contributed by atoms with Gasteiger partial charge in [-0.3, -0.25) is 4.79 Å². The van der Waals surface area contributed by atoms with Crippen molar-refractivity contribution in [1.82, 2.24) is 10.3 Å². The van der Waals surface area contributed by atoms with Crippen LogP contribution < -0.4 is 22.5 Å². The van der Waals surface area contributed by atoms with Gasteiger partial charge >= 0.3 is 0 Å². The third kappa shape index (κ3) is 14.2. The molecule has 9 heteroatoms. The molecule has 0 aliphatic carbocycles. The number of hydrogen-bond acceptors (Lipinski definition) is 7. The quantitative estimate of drug-likeness (QED) is 0.332. The zero-order chi connectivity index (χ0) is 23.0. The molecule has 1 aromatic rings. The van der Waals surface area contributed by atoms with Gasteiger partial charge in [0.25, 0.3) is 0 Å². The summed E-state index contributed by atoms with van der Waals surface area (Å²) in [5.41, 5.74) is 16.8. The van der Waals surface area contributed by atoms with Gasteiger partial charge in [0.2, 0.25) is 12.4 Å². The van der Waals surface area contributed by atoms with Crippen molar-refractivity contribution < 1.29 is 19.1 Å². The van der Waals surface area contributed by atoms with Gasteiger partial charge in [0.15, 0.2) is 0 Å². The minimum atomic E-state index is -0.539. The topological polar surface area (TPSA) is 157 Å². The van der Waals surface area contributed by atoms with Crippen molar-refractivity contribution in [2.24, 2.45) is 22.6 Å². The fourth-order valence-electron chi connectivity index (χ4n) is 1.99. The molecular formula is C20H36FN5O3. The van der Waals surface area contributed by atoms with E-state index >= 15 is 0 Å². The fourth-order valence-corrected chi connectivity index (χ4v) is 1.99. The normalized spacial score (nSPS) is 13.0. The molecule has 1 unspecified atom stereocenters. The lowest BCUT2D eigenvalue weighted by Gasteiger charge is -2.26. The lowest BCUT2D eigenvalue weighted by atomic mass is 9.88. The van der Waals surface area contributed by atoms with E-state index in [1.165, 1.54) is 12.3 Å². The van der Waals surface area contributed by atoms with Crippen LogP contribution in [0.25, 0.3) is 5.70 Å². The second-order valence-corrected chi connectivity index (χ2v) is 7.48. The maximum atomic E-state index is 12.9. The van der Waals surface area contributed by atoms with Crippen molar-refractivity contribution in [1.29, 1.82) is 0 Å². The van der Waals surface area contributed by atoms with E-state index < -0.39 is 5.95 Å². The summed E-state index contributed by atoms with van der Waals surface area (Å²) in [6.07, 6.45) is 5.62. The van der Waals surface area contributed by atoms with E-state index in [4.69, 9.17) is 21.4 Å². The number of aliphatic hydroxyl groups excluding tert-OH is 1. The summed E-state index contributed by atoms with van der Waals surface area (Å²) in [6, 6.07) is 0.969. The number of nitrogens with one attached hydrogen (secondary N) is 1. The van der Waals surface area contributed by atoms with Gasteiger partial charge in [0.05, 0.1) is 17.8 Å². The molecule has 166 valence electrons. The predicted octanol–water partition coefficient (Wildman–Crippen LogP) is 1.20. The van der Waals surface area contributed by atoms with E-state index in [0.717, 1.165) is 19.1 Å². The Morgan fingerprint density at radius 2 is 1.93 bits per heavy atom. The standard InChI is InChI=1S/C14H20FN3O.C5H13NO.CH3NO/c1-9-5-13(15)18-6-10(9)11(16)7-17-12(8-19)14(2,3)4;1-5(7)3-2-4-6;2-1-3/h5-8,12,17H,16H2,1-4H3;5,7H,2-4,6H2,1H3;1H,(H2,2,3)/b11-7-;;/t;5-;/m.1./s1. The number of primary amides is 1. The van der Waals surface area contributed by atoms with Gasteiger partial charge in [-0.25, -0.2) is 4.98 Å². The summed E-state index contributed by atoms with van der Waals surface area (Å²) in [5.74, 6) is -0.539. The SMILES string of the molecule is C[C@@H](O)CCCN.Cc1cc(F)ncc1/C(N)=C/NC(C=O)C(C)(C)C.NC=O. The summed E-state index contributed by atoms with van der Waals surface area (Å²) in [4.78, 5) is 23.2. The van der Waals surface area contributed by atoms with Crippen molar-refractivity contribution in [3.05, 3.63) is 35.5 Å². The molecule has 0 bridgehead atoms. The van der Waals surface area contributed by atoms with Crippen LogP contribution >= 0.6 is 0 Å². The lowest BCUT2D eigenvalue weighted by molar-refractivity contribution is -0.111. The number of nitrogens with zero attached hydrogens (tertiary/aromatic N) is 1. The first-order chi connectivity index (χ1) is 13.4. The van der Waals surface area contributed by atoms with Crippen LogP contribution in [-0.2, 0) is 9.59 Å². The van der Waals surface area contributed by atoms with Crippen LogP contribution in [0.1, 0.15) is 51.7 Å². The number of rotatable bonds is 7. The van der Waals surface area contributed by atoms with Crippen molar-refractivity contribution in [2.45, 2.75) is 59.6 Å². The molecule has 0 fully saturated rings. The van der Waals surface area contributed by atoms with Gasteiger partial charge in [0.1, 0.15) is 6.29 Å². The predicted molar refractivity (Wildman–Crippen MR) is 114 cm³/mol. The number of pyridine rings is 1. The molecule has 8 nitrogen and oxygen atoms in total. The van der Waals surface area contributed by atoms with Gasteiger partial charge in [-0.2, -0.15) is 4.39 Å². The molecule has 29 heavy (non-hydrogen) atoms. The molecule has 0 spiro atoms. The van der Waals surface area contributed by atoms with Gasteiger partial charge in [-0.1, -0.05) is 20.8 Å². The molecule has 1 rings (SSSR count). The Kier molecular flexibility index (Phi) is 15.2. The summed E-state index contributed by atoms with van der Waals surface area (Å²) in [6.45, 7) is 10.1. The number of amides is 1. The number of hydrogen-bond donors (Lipinski definition) is 5. The summed E-state index contributed by atoms with van der Waals surface area (Å²) in [7, 11) is 0. The molecule has 8 N–H and O–H groups in total. The number of carbonyl (C=O) groups excluding carboxylic acids is 2. The van der Waals surface area contributed by atoms with Gasteiger partial charge in [0, 0.05) is 18.0 Å². The average Bonchev–Trinajstić information content (AvgIpc) is 2.60. The van der Waals surface area contributed by atoms with E-state index in [1.54, 1.807) is 20.0 Å². The van der Waals surface area contributed by atoms with E-state index in [-0.39, 0.29) is 24.0 Å². The van der Waals surface area contributed by atoms with E-state index in [2.05, 4.69) is 16.0 Å². The number of nitrogens with two attached hydrogens (primary N) is 3. The zero-order valence-corrected chi connectivity index (χ0v) is 18.0. The maximum Gasteiger partial charge on any atom is 0.213 e. The zero-order valence-electron chi connectivity index (χ0n) is 18.0. The largest absolute Gasteiger partial charge is 0.397 e. The van der Waals surface area contributed by atoms with Crippen LogP contribution in [0.5, 0.6) is 0 Å². The van der Waals surface area contributed by atoms with Gasteiger partial charge in [-0.05, 0) is 50.3 Å². The highest BCUT2D eigenvalue weighted by Gasteiger charge is 2.22. The molecule has 0 aliphatic rings. The number of aldehydes is 1. The highest BCUT2D eigenvalue weighted by Crippen LogP contribution is 2.18. The maximum absolute atomic E-state index is 12.9. The number of aryl methyl sites for hydroxylation is 1. The molecule has 0 saturated heterocycles. The fraction of sp³-hybridized carbons (Fsp3) is 0.550. The Morgan fingerprint density at radius 3 is 2.28 bits per heavy atom. The molecule has 0 saturated carbocycles. The first kappa shape index (κ1) is 28.7. The van der Waals surface area contributed by atoms with Gasteiger partial charge in [-0.15, -0.1) is 0 Å². The van der Waals surface area contributed by atoms with Crippen molar-refractivity contribution >= 4 is 18.4 Å². The van der Waals surface area contributed by atoms with E-state index in [1.807, 2.05) is 20.8 Å². The second kappa shape index (κ2) is 15.4. The summed E-state index contributed by atoms with van der Waals surface area (Å²) < 4.78 is 12.9. The van der Waals surface area contributed by atoms with E-state index in [0.29, 0.717) is 23.4 Å². The van der Waals surface area contributed by atoms with Crippen molar-refractivity contribution in [3.8, 4) is 0 Å². The number of aromatic nitrogens is 1. The average molecular weight is 414 g/mol. The molecule has 0 aliphatic heterocycles. The first-order valence-corrected chi connectivity index (χ1v) is 9.27. The lowest BCUT2D eigenvalue weighted by Crippen LogP contribution is -2.39. The van der Waals surface area contributed by atoms with Gasteiger partial charge < -0.3 is 32.4 Å². The van der Waals surface area contributed by atoms with Crippen LogP contribution in [0.2, 0.25) is 0 Å². The minimum Gasteiger partial charge on any atom is -0.397 e. The number of carbonyl (C=O) groups is 2. The Hall–Kier alpha value is -2.52. The Bertz CT molecular complexity index is 631. The van der Waals surface area contributed by atoms with Crippen LogP contribution in [0, 0.1) is 18.3 Å². The number of aliphatic hydroxyl groups is 1. The number of halogens is 1. The molecule has 1 amide bonds. The second-order valence-electron chi connectivity index (χ2n) is 7.48. The molecule has 0 aromatic carbocycles.